The quantitative estimate of drug-likeness (QED) is 0.781. The number of rotatable bonds is 4. The molecule has 29 heavy (non-hydrogen) atoms. The molecule has 0 aliphatic carbocycles. The van der Waals surface area contributed by atoms with E-state index in [2.05, 4.69) is 6.92 Å². The Labute approximate surface area is 171 Å². The first-order chi connectivity index (χ1) is 14.1. The number of carbonyl (C=O) groups excluding carboxylic acids is 2. The van der Waals surface area contributed by atoms with Crippen LogP contribution >= 0.6 is 0 Å². The predicted octanol–water partition coefficient (Wildman–Crippen LogP) is 4.10. The lowest BCUT2D eigenvalue weighted by Crippen LogP contribution is -2.50. The van der Waals surface area contributed by atoms with E-state index < -0.39 is 6.10 Å². The molecule has 1 aromatic heterocycles. The molecule has 6 heteroatoms. The lowest BCUT2D eigenvalue weighted by atomic mass is 10.1. The molecule has 3 heterocycles. The highest BCUT2D eigenvalue weighted by atomic mass is 16.5. The van der Waals surface area contributed by atoms with Crippen LogP contribution in [0.25, 0.3) is 0 Å². The molecular weight excluding hydrogens is 368 g/mol. The van der Waals surface area contributed by atoms with E-state index in [0.29, 0.717) is 18.0 Å². The van der Waals surface area contributed by atoms with Gasteiger partial charge in [-0.15, -0.1) is 0 Å². The maximum Gasteiger partial charge on any atom is 0.268 e. The van der Waals surface area contributed by atoms with Crippen LogP contribution in [0.4, 0.5) is 5.69 Å². The van der Waals surface area contributed by atoms with Gasteiger partial charge in [0, 0.05) is 13.0 Å². The van der Waals surface area contributed by atoms with Crippen molar-refractivity contribution in [2.24, 2.45) is 0 Å². The maximum atomic E-state index is 13.4. The summed E-state index contributed by atoms with van der Waals surface area (Å²) in [4.78, 5) is 29.6. The van der Waals surface area contributed by atoms with E-state index in [-0.39, 0.29) is 24.4 Å². The average Bonchev–Trinajstić information content (AvgIpc) is 3.07. The second-order valence-electron chi connectivity index (χ2n) is 7.76. The van der Waals surface area contributed by atoms with E-state index in [1.807, 2.05) is 41.3 Å². The summed E-state index contributed by atoms with van der Waals surface area (Å²) in [5.41, 5.74) is 0.654. The highest BCUT2D eigenvalue weighted by Gasteiger charge is 2.35. The summed E-state index contributed by atoms with van der Waals surface area (Å²) in [5, 5.41) is 0. The number of hydrogen-bond acceptors (Lipinski definition) is 4. The van der Waals surface area contributed by atoms with Gasteiger partial charge >= 0.3 is 0 Å². The van der Waals surface area contributed by atoms with Crippen LogP contribution in [-0.2, 0) is 16.0 Å². The number of carbonyl (C=O) groups is 2. The summed E-state index contributed by atoms with van der Waals surface area (Å²) in [6, 6.07) is 11.3. The van der Waals surface area contributed by atoms with Gasteiger partial charge in [0.1, 0.15) is 23.8 Å². The number of likely N-dealkylation sites (tertiary alicyclic amines) is 1. The number of amides is 2. The Balaban J connectivity index is 1.59. The number of nitrogens with zero attached hydrogens (tertiary/aromatic N) is 2. The van der Waals surface area contributed by atoms with Gasteiger partial charge in [-0.3, -0.25) is 14.5 Å². The monoisotopic (exact) mass is 396 g/mol. The molecule has 0 saturated carbocycles. The number of furan rings is 1. The third kappa shape index (κ3) is 3.88. The molecule has 2 atom stereocenters. The Morgan fingerprint density at radius 3 is 2.76 bits per heavy atom. The lowest BCUT2D eigenvalue weighted by Gasteiger charge is -2.35. The van der Waals surface area contributed by atoms with Crippen LogP contribution in [-0.4, -0.2) is 35.9 Å². The van der Waals surface area contributed by atoms with Gasteiger partial charge in [-0.05, 0) is 44.0 Å². The topological polar surface area (TPSA) is 63.0 Å². The number of hydrogen-bond donors (Lipinski definition) is 0. The molecule has 4 rings (SSSR count). The van der Waals surface area contributed by atoms with Crippen LogP contribution in [0.1, 0.15) is 57.1 Å². The van der Waals surface area contributed by atoms with Gasteiger partial charge in [-0.25, -0.2) is 0 Å². The fourth-order valence-electron chi connectivity index (χ4n) is 4.21. The Bertz CT molecular complexity index is 891. The number of fused-ring (bicyclic) bond motifs is 1. The molecular formula is C23H28N2O4. The smallest absolute Gasteiger partial charge is 0.268 e. The Hall–Kier alpha value is -2.76. The van der Waals surface area contributed by atoms with Crippen LogP contribution in [0.5, 0.6) is 5.75 Å². The molecule has 0 radical (unpaired) electrons. The third-order valence-electron chi connectivity index (χ3n) is 5.80. The first-order valence-corrected chi connectivity index (χ1v) is 10.5. The Morgan fingerprint density at radius 2 is 1.97 bits per heavy atom. The minimum atomic E-state index is -0.602. The normalized spacial score (nSPS) is 22.1. The van der Waals surface area contributed by atoms with E-state index in [1.165, 1.54) is 0 Å². The molecule has 0 unspecified atom stereocenters. The van der Waals surface area contributed by atoms with Crippen LogP contribution in [0.3, 0.4) is 0 Å². The number of benzene rings is 1. The zero-order chi connectivity index (χ0) is 20.4. The molecule has 6 nitrogen and oxygen atoms in total. The highest BCUT2D eigenvalue weighted by molar-refractivity contribution is 6.03. The summed E-state index contributed by atoms with van der Waals surface area (Å²) >= 11 is 0. The first kappa shape index (κ1) is 19.6. The summed E-state index contributed by atoms with van der Waals surface area (Å²) in [7, 11) is 0. The maximum absolute atomic E-state index is 13.4. The average molecular weight is 396 g/mol. The third-order valence-corrected chi connectivity index (χ3v) is 5.80. The lowest BCUT2D eigenvalue weighted by molar-refractivity contribution is -0.135. The van der Waals surface area contributed by atoms with Gasteiger partial charge in [0.05, 0.1) is 11.7 Å². The predicted molar refractivity (Wildman–Crippen MR) is 110 cm³/mol. The van der Waals surface area contributed by atoms with Crippen molar-refractivity contribution in [1.29, 1.82) is 0 Å². The molecule has 2 aliphatic rings. The Kier molecular flexibility index (Phi) is 5.60. The van der Waals surface area contributed by atoms with Gasteiger partial charge in [0.15, 0.2) is 6.10 Å². The van der Waals surface area contributed by atoms with Crippen molar-refractivity contribution in [3.8, 4) is 5.75 Å². The number of para-hydroxylation sites is 2. The van der Waals surface area contributed by atoms with Crippen molar-refractivity contribution in [2.75, 3.05) is 18.0 Å². The zero-order valence-electron chi connectivity index (χ0n) is 17.1. The van der Waals surface area contributed by atoms with Crippen molar-refractivity contribution in [2.45, 2.75) is 58.1 Å². The molecule has 0 spiro atoms. The van der Waals surface area contributed by atoms with Crippen molar-refractivity contribution >= 4 is 17.5 Å². The van der Waals surface area contributed by atoms with Gasteiger partial charge in [0.25, 0.3) is 5.91 Å². The van der Waals surface area contributed by atoms with Gasteiger partial charge in [-0.2, -0.15) is 0 Å². The van der Waals surface area contributed by atoms with E-state index in [9.17, 15) is 9.59 Å². The van der Waals surface area contributed by atoms with Crippen LogP contribution in [0.15, 0.2) is 40.8 Å². The molecule has 0 N–H and O–H groups in total. The minimum Gasteiger partial charge on any atom is -0.479 e. The summed E-state index contributed by atoms with van der Waals surface area (Å²) < 4.78 is 11.7. The second-order valence-corrected chi connectivity index (χ2v) is 7.76. The number of ether oxygens (including phenoxy) is 1. The molecule has 1 saturated heterocycles. The van der Waals surface area contributed by atoms with E-state index in [0.717, 1.165) is 43.6 Å². The molecule has 154 valence electrons. The van der Waals surface area contributed by atoms with Crippen molar-refractivity contribution < 1.29 is 18.7 Å². The number of aryl methyl sites for hydroxylation is 1. The van der Waals surface area contributed by atoms with Crippen LogP contribution in [0.2, 0.25) is 0 Å². The molecule has 1 aromatic carbocycles. The largest absolute Gasteiger partial charge is 0.479 e. The fraction of sp³-hybridized carbons (Fsp3) is 0.478. The summed E-state index contributed by atoms with van der Waals surface area (Å²) in [6.45, 7) is 4.48. The summed E-state index contributed by atoms with van der Waals surface area (Å²) in [6.07, 6.45) is 4.23. The van der Waals surface area contributed by atoms with Crippen molar-refractivity contribution in [3.63, 3.8) is 0 Å². The van der Waals surface area contributed by atoms with E-state index in [4.69, 9.17) is 9.15 Å². The van der Waals surface area contributed by atoms with Crippen LogP contribution < -0.4 is 9.64 Å². The minimum absolute atomic E-state index is 0.0153. The first-order valence-electron chi connectivity index (χ1n) is 10.5. The standard InChI is InChI=1S/C23H28N2O4/c1-3-17-12-13-21(29-17)18-9-5-4-8-14-24(18)22(26)15-25-19-10-6-7-11-20(19)28-16(2)23(25)27/h6-7,10-13,16,18H,3-5,8-9,14-15H2,1-2H3/t16-,18-/m1/s1. The van der Waals surface area contributed by atoms with Crippen molar-refractivity contribution in [1.82, 2.24) is 4.90 Å². The zero-order valence-corrected chi connectivity index (χ0v) is 17.1. The number of anilines is 1. The van der Waals surface area contributed by atoms with Gasteiger partial charge < -0.3 is 14.1 Å². The van der Waals surface area contributed by atoms with Gasteiger partial charge in [0.2, 0.25) is 5.91 Å². The molecule has 0 bridgehead atoms. The molecule has 2 aliphatic heterocycles. The highest BCUT2D eigenvalue weighted by Crippen LogP contribution is 2.35. The van der Waals surface area contributed by atoms with E-state index in [1.54, 1.807) is 11.8 Å². The summed E-state index contributed by atoms with van der Waals surface area (Å²) in [5.74, 6) is 2.18. The van der Waals surface area contributed by atoms with E-state index >= 15 is 0 Å². The molecule has 1 fully saturated rings. The van der Waals surface area contributed by atoms with Crippen LogP contribution in [0, 0.1) is 0 Å². The van der Waals surface area contributed by atoms with Gasteiger partial charge in [-0.1, -0.05) is 31.9 Å². The molecule has 2 aromatic rings. The second kappa shape index (κ2) is 8.31. The Morgan fingerprint density at radius 1 is 1.14 bits per heavy atom. The fourth-order valence-corrected chi connectivity index (χ4v) is 4.21. The van der Waals surface area contributed by atoms with Crippen molar-refractivity contribution in [3.05, 3.63) is 47.9 Å². The molecule has 2 amide bonds. The SMILES string of the molecule is CCc1ccc([C@H]2CCCCCN2C(=O)CN2C(=O)[C@@H](C)Oc3ccccc32)o1.